The number of hydrogen-bond donors (Lipinski definition) is 1. The maximum atomic E-state index is 13.7. The summed E-state index contributed by atoms with van der Waals surface area (Å²) in [4.78, 5) is 24.6. The van der Waals surface area contributed by atoms with Gasteiger partial charge in [-0.3, -0.25) is 9.59 Å². The highest BCUT2D eigenvalue weighted by atomic mass is 79.9. The number of halogens is 2. The minimum absolute atomic E-state index is 0.0725. The molecule has 7 heteroatoms. The monoisotopic (exact) mass is 345 g/mol. The molecule has 1 saturated heterocycles. The smallest absolute Gasteiger partial charge is 0.305 e. The molecule has 1 aromatic carbocycles. The van der Waals surface area contributed by atoms with Gasteiger partial charge in [-0.1, -0.05) is 15.9 Å². The van der Waals surface area contributed by atoms with Gasteiger partial charge in [-0.2, -0.15) is 0 Å². The molecule has 0 radical (unpaired) electrons. The fourth-order valence-electron chi connectivity index (χ4n) is 2.11. The summed E-state index contributed by atoms with van der Waals surface area (Å²) in [5, 5.41) is 8.86. The highest BCUT2D eigenvalue weighted by molar-refractivity contribution is 9.10. The summed E-state index contributed by atoms with van der Waals surface area (Å²) < 4.78 is 19.5. The van der Waals surface area contributed by atoms with E-state index in [0.29, 0.717) is 11.1 Å². The number of aliphatic carboxylic acids is 1. The SMILES string of the molecule is O=C(O)CC1COCCN1C(=O)c1cc(Br)ccc1F. The van der Waals surface area contributed by atoms with E-state index in [0.717, 1.165) is 0 Å². The summed E-state index contributed by atoms with van der Waals surface area (Å²) in [5.41, 5.74) is -0.0725. The molecule has 1 aromatic rings. The van der Waals surface area contributed by atoms with Crippen molar-refractivity contribution in [2.75, 3.05) is 19.8 Å². The van der Waals surface area contributed by atoms with Crippen LogP contribution in [0.2, 0.25) is 0 Å². The van der Waals surface area contributed by atoms with Gasteiger partial charge in [0.25, 0.3) is 5.91 Å². The number of nitrogens with zero attached hydrogens (tertiary/aromatic N) is 1. The summed E-state index contributed by atoms with van der Waals surface area (Å²) >= 11 is 3.19. The van der Waals surface area contributed by atoms with Crippen molar-refractivity contribution in [3.8, 4) is 0 Å². The number of carbonyl (C=O) groups is 2. The van der Waals surface area contributed by atoms with Gasteiger partial charge in [0.1, 0.15) is 5.82 Å². The summed E-state index contributed by atoms with van der Waals surface area (Å²) in [6.45, 7) is 0.716. The van der Waals surface area contributed by atoms with E-state index in [4.69, 9.17) is 9.84 Å². The Kier molecular flexibility index (Phi) is 4.72. The fourth-order valence-corrected chi connectivity index (χ4v) is 2.47. The summed E-state index contributed by atoms with van der Waals surface area (Å²) in [7, 11) is 0. The van der Waals surface area contributed by atoms with Crippen LogP contribution >= 0.6 is 15.9 Å². The van der Waals surface area contributed by atoms with Gasteiger partial charge in [0.2, 0.25) is 0 Å². The third-order valence-corrected chi connectivity index (χ3v) is 3.55. The number of benzene rings is 1. The van der Waals surface area contributed by atoms with Gasteiger partial charge >= 0.3 is 5.97 Å². The summed E-state index contributed by atoms with van der Waals surface area (Å²) in [6.07, 6.45) is -0.221. The zero-order valence-corrected chi connectivity index (χ0v) is 12.1. The maximum Gasteiger partial charge on any atom is 0.305 e. The molecule has 0 aromatic heterocycles. The molecular formula is C13H13BrFNO4. The van der Waals surface area contributed by atoms with Crippen molar-refractivity contribution in [3.05, 3.63) is 34.1 Å². The van der Waals surface area contributed by atoms with Crippen LogP contribution in [0.1, 0.15) is 16.8 Å². The average molecular weight is 346 g/mol. The van der Waals surface area contributed by atoms with Crippen LogP contribution in [0.3, 0.4) is 0 Å². The standard InChI is InChI=1S/C13H13BrFNO4/c14-8-1-2-11(15)10(5-8)13(19)16-3-4-20-7-9(16)6-12(17)18/h1-2,5,9H,3-4,6-7H2,(H,17,18). The first-order valence-electron chi connectivity index (χ1n) is 6.04. The van der Waals surface area contributed by atoms with Crippen LogP contribution in [0.25, 0.3) is 0 Å². The molecule has 1 heterocycles. The number of ether oxygens (including phenoxy) is 1. The van der Waals surface area contributed by atoms with Crippen molar-refractivity contribution < 1.29 is 23.8 Å². The van der Waals surface area contributed by atoms with Gasteiger partial charge < -0.3 is 14.7 Å². The molecule has 1 N–H and O–H groups in total. The first-order valence-corrected chi connectivity index (χ1v) is 6.84. The van der Waals surface area contributed by atoms with Gasteiger partial charge in [-0.15, -0.1) is 0 Å². The quantitative estimate of drug-likeness (QED) is 0.908. The van der Waals surface area contributed by atoms with Crippen LogP contribution in [0, 0.1) is 5.82 Å². The zero-order valence-electron chi connectivity index (χ0n) is 10.5. The highest BCUT2D eigenvalue weighted by Crippen LogP contribution is 2.20. The van der Waals surface area contributed by atoms with E-state index in [1.807, 2.05) is 0 Å². The van der Waals surface area contributed by atoms with Crippen molar-refractivity contribution >= 4 is 27.8 Å². The number of carboxylic acid groups (broad SMARTS) is 1. The first kappa shape index (κ1) is 14.9. The Balaban J connectivity index is 2.25. The van der Waals surface area contributed by atoms with Crippen molar-refractivity contribution in [1.29, 1.82) is 0 Å². The lowest BCUT2D eigenvalue weighted by Gasteiger charge is -2.35. The third kappa shape index (κ3) is 3.34. The number of carboxylic acids is 1. The van der Waals surface area contributed by atoms with E-state index in [-0.39, 0.29) is 25.1 Å². The lowest BCUT2D eigenvalue weighted by atomic mass is 10.1. The van der Waals surface area contributed by atoms with Crippen LogP contribution < -0.4 is 0 Å². The largest absolute Gasteiger partial charge is 0.481 e. The number of carbonyl (C=O) groups excluding carboxylic acids is 1. The second-order valence-electron chi connectivity index (χ2n) is 4.45. The number of hydrogen-bond acceptors (Lipinski definition) is 3. The Hall–Kier alpha value is -1.47. The molecule has 0 bridgehead atoms. The fraction of sp³-hybridized carbons (Fsp3) is 0.385. The van der Waals surface area contributed by atoms with Gasteiger partial charge in [0.05, 0.1) is 31.2 Å². The molecule has 1 atom stereocenters. The molecule has 0 aliphatic carbocycles. The Bertz CT molecular complexity index is 537. The van der Waals surface area contributed by atoms with Crippen molar-refractivity contribution in [1.82, 2.24) is 4.90 Å². The molecule has 1 fully saturated rings. The lowest BCUT2D eigenvalue weighted by Crippen LogP contribution is -2.49. The topological polar surface area (TPSA) is 66.8 Å². The van der Waals surface area contributed by atoms with E-state index in [9.17, 15) is 14.0 Å². The Morgan fingerprint density at radius 2 is 2.25 bits per heavy atom. The Morgan fingerprint density at radius 3 is 2.95 bits per heavy atom. The number of rotatable bonds is 3. The van der Waals surface area contributed by atoms with Crippen LogP contribution in [0.5, 0.6) is 0 Å². The van der Waals surface area contributed by atoms with E-state index >= 15 is 0 Å². The molecule has 1 unspecified atom stereocenters. The second kappa shape index (κ2) is 6.32. The average Bonchev–Trinajstić information content (AvgIpc) is 2.41. The third-order valence-electron chi connectivity index (χ3n) is 3.06. The second-order valence-corrected chi connectivity index (χ2v) is 5.36. The van der Waals surface area contributed by atoms with Gasteiger partial charge in [0.15, 0.2) is 0 Å². The Labute approximate surface area is 123 Å². The van der Waals surface area contributed by atoms with Crippen molar-refractivity contribution in [2.24, 2.45) is 0 Å². The first-order chi connectivity index (χ1) is 9.49. The molecule has 1 aliphatic heterocycles. The van der Waals surface area contributed by atoms with Gasteiger partial charge in [-0.25, -0.2) is 4.39 Å². The molecule has 5 nitrogen and oxygen atoms in total. The lowest BCUT2D eigenvalue weighted by molar-refractivity contribution is -0.139. The molecule has 1 aliphatic rings. The minimum atomic E-state index is -1.02. The summed E-state index contributed by atoms with van der Waals surface area (Å²) in [5.74, 6) is -2.16. The number of morpholine rings is 1. The predicted molar refractivity (Wildman–Crippen MR) is 72.0 cm³/mol. The molecule has 108 valence electrons. The molecular weight excluding hydrogens is 333 g/mol. The van der Waals surface area contributed by atoms with Gasteiger partial charge in [0, 0.05) is 11.0 Å². The predicted octanol–water partition coefficient (Wildman–Crippen LogP) is 1.90. The molecule has 20 heavy (non-hydrogen) atoms. The Morgan fingerprint density at radius 1 is 1.50 bits per heavy atom. The maximum absolute atomic E-state index is 13.7. The van der Waals surface area contributed by atoms with Crippen molar-refractivity contribution in [3.63, 3.8) is 0 Å². The van der Waals surface area contributed by atoms with Crippen LogP contribution in [0.4, 0.5) is 4.39 Å². The molecule has 0 spiro atoms. The molecule has 2 rings (SSSR count). The minimum Gasteiger partial charge on any atom is -0.481 e. The van der Waals surface area contributed by atoms with E-state index in [2.05, 4.69) is 15.9 Å². The molecule has 1 amide bonds. The van der Waals surface area contributed by atoms with E-state index < -0.39 is 23.7 Å². The summed E-state index contributed by atoms with van der Waals surface area (Å²) in [6, 6.07) is 3.52. The molecule has 0 saturated carbocycles. The van der Waals surface area contributed by atoms with Crippen molar-refractivity contribution in [2.45, 2.75) is 12.5 Å². The van der Waals surface area contributed by atoms with Crippen LogP contribution in [0.15, 0.2) is 22.7 Å². The van der Waals surface area contributed by atoms with E-state index in [1.54, 1.807) is 0 Å². The highest BCUT2D eigenvalue weighted by Gasteiger charge is 2.31. The van der Waals surface area contributed by atoms with Gasteiger partial charge in [-0.05, 0) is 18.2 Å². The van der Waals surface area contributed by atoms with Crippen LogP contribution in [-0.4, -0.2) is 47.7 Å². The number of amides is 1. The zero-order chi connectivity index (χ0) is 14.7. The van der Waals surface area contributed by atoms with Crippen LogP contribution in [-0.2, 0) is 9.53 Å². The van der Waals surface area contributed by atoms with E-state index in [1.165, 1.54) is 23.1 Å². The normalized spacial score (nSPS) is 18.9.